The summed E-state index contributed by atoms with van der Waals surface area (Å²) >= 11 is 0. The average Bonchev–Trinajstić information content (AvgIpc) is 2.37. The summed E-state index contributed by atoms with van der Waals surface area (Å²) in [6.07, 6.45) is 9.88. The Hall–Kier alpha value is -0.120. The van der Waals surface area contributed by atoms with Crippen LogP contribution < -0.4 is 5.32 Å². The number of hydrogen-bond donors (Lipinski definition) is 2. The predicted molar refractivity (Wildman–Crippen MR) is 80.4 cm³/mol. The fraction of sp³-hybridized carbons (Fsp3) is 1.00. The van der Waals surface area contributed by atoms with E-state index in [2.05, 4.69) is 19.2 Å². The maximum Gasteiger partial charge on any atom is 0.0610 e. The van der Waals surface area contributed by atoms with Crippen LogP contribution in [0.25, 0.3) is 0 Å². The molecule has 0 aromatic rings. The SMILES string of the molecule is CCCNC(C)(CO)CCCCOCCC1CCC1. The molecule has 19 heavy (non-hydrogen) atoms. The summed E-state index contributed by atoms with van der Waals surface area (Å²) in [4.78, 5) is 0. The number of rotatable bonds is 12. The second kappa shape index (κ2) is 9.73. The molecule has 3 heteroatoms. The summed E-state index contributed by atoms with van der Waals surface area (Å²) < 4.78 is 5.69. The van der Waals surface area contributed by atoms with Gasteiger partial charge >= 0.3 is 0 Å². The van der Waals surface area contributed by atoms with Crippen molar-refractivity contribution in [1.29, 1.82) is 0 Å². The molecule has 1 unspecified atom stereocenters. The number of aliphatic hydroxyl groups is 1. The van der Waals surface area contributed by atoms with Gasteiger partial charge < -0.3 is 15.2 Å². The number of nitrogens with one attached hydrogen (secondary N) is 1. The Morgan fingerprint density at radius 3 is 2.63 bits per heavy atom. The van der Waals surface area contributed by atoms with Crippen molar-refractivity contribution in [2.24, 2.45) is 5.92 Å². The minimum atomic E-state index is -0.109. The number of unbranched alkanes of at least 4 members (excludes halogenated alkanes) is 1. The monoisotopic (exact) mass is 271 g/mol. The zero-order valence-electron chi connectivity index (χ0n) is 12.9. The topological polar surface area (TPSA) is 41.5 Å². The first-order chi connectivity index (χ1) is 9.20. The highest BCUT2D eigenvalue weighted by Gasteiger charge is 2.21. The molecule has 0 spiro atoms. The molecule has 0 bridgehead atoms. The van der Waals surface area contributed by atoms with Gasteiger partial charge in [0, 0.05) is 18.8 Å². The van der Waals surface area contributed by atoms with Crippen molar-refractivity contribution in [3.63, 3.8) is 0 Å². The minimum Gasteiger partial charge on any atom is -0.394 e. The second-order valence-electron chi connectivity index (χ2n) is 6.30. The number of aliphatic hydroxyl groups excluding tert-OH is 1. The molecule has 2 N–H and O–H groups in total. The van der Waals surface area contributed by atoms with Crippen molar-refractivity contribution in [1.82, 2.24) is 5.32 Å². The van der Waals surface area contributed by atoms with Gasteiger partial charge in [-0.1, -0.05) is 26.2 Å². The first-order valence-corrected chi connectivity index (χ1v) is 8.14. The van der Waals surface area contributed by atoms with Crippen LogP contribution in [0.2, 0.25) is 0 Å². The normalized spacial score (nSPS) is 19.1. The molecule has 0 saturated heterocycles. The summed E-state index contributed by atoms with van der Waals surface area (Å²) in [5, 5.41) is 12.9. The fourth-order valence-electron chi connectivity index (χ4n) is 2.50. The lowest BCUT2D eigenvalue weighted by Crippen LogP contribution is -2.46. The maximum atomic E-state index is 9.45. The predicted octanol–water partition coefficient (Wildman–Crippen LogP) is 3.11. The lowest BCUT2D eigenvalue weighted by molar-refractivity contribution is 0.0993. The quantitative estimate of drug-likeness (QED) is 0.536. The molecule has 0 aromatic carbocycles. The van der Waals surface area contributed by atoms with Gasteiger partial charge in [0.15, 0.2) is 0 Å². The highest BCUT2D eigenvalue weighted by atomic mass is 16.5. The second-order valence-corrected chi connectivity index (χ2v) is 6.30. The molecule has 1 fully saturated rings. The van der Waals surface area contributed by atoms with Gasteiger partial charge in [0.1, 0.15) is 0 Å². The van der Waals surface area contributed by atoms with Gasteiger partial charge in [-0.25, -0.2) is 0 Å². The molecule has 0 amide bonds. The van der Waals surface area contributed by atoms with Crippen LogP contribution in [0.1, 0.15) is 65.2 Å². The van der Waals surface area contributed by atoms with Gasteiger partial charge in [0.2, 0.25) is 0 Å². The molecular weight excluding hydrogens is 238 g/mol. The van der Waals surface area contributed by atoms with Crippen LogP contribution in [0.4, 0.5) is 0 Å². The first kappa shape index (κ1) is 16.9. The lowest BCUT2D eigenvalue weighted by atomic mass is 9.83. The highest BCUT2D eigenvalue weighted by Crippen LogP contribution is 2.29. The van der Waals surface area contributed by atoms with E-state index in [4.69, 9.17) is 4.74 Å². The zero-order chi connectivity index (χ0) is 14.0. The fourth-order valence-corrected chi connectivity index (χ4v) is 2.50. The summed E-state index contributed by atoms with van der Waals surface area (Å²) in [5.74, 6) is 0.955. The van der Waals surface area contributed by atoms with E-state index in [9.17, 15) is 5.11 Å². The molecule has 0 aliphatic heterocycles. The Morgan fingerprint density at radius 1 is 1.26 bits per heavy atom. The molecular formula is C16H33NO2. The number of ether oxygens (including phenoxy) is 1. The molecule has 1 aliphatic rings. The van der Waals surface area contributed by atoms with E-state index in [1.807, 2.05) is 0 Å². The Balaban J connectivity index is 1.92. The van der Waals surface area contributed by atoms with Crippen LogP contribution in [-0.2, 0) is 4.74 Å². The van der Waals surface area contributed by atoms with Crippen LogP contribution in [0.15, 0.2) is 0 Å². The standard InChI is InChI=1S/C16H33NO2/c1-3-11-17-16(2,14-18)10-4-5-12-19-13-9-15-7-6-8-15/h15,17-18H,3-14H2,1-2H3. The van der Waals surface area contributed by atoms with Gasteiger partial charge in [-0.2, -0.15) is 0 Å². The molecule has 0 heterocycles. The van der Waals surface area contributed by atoms with Gasteiger partial charge in [0.05, 0.1) is 6.61 Å². The van der Waals surface area contributed by atoms with E-state index < -0.39 is 0 Å². The number of hydrogen-bond acceptors (Lipinski definition) is 3. The first-order valence-electron chi connectivity index (χ1n) is 8.14. The van der Waals surface area contributed by atoms with Crippen molar-refractivity contribution in [2.45, 2.75) is 70.8 Å². The molecule has 0 aromatic heterocycles. The van der Waals surface area contributed by atoms with Gasteiger partial charge in [-0.05, 0) is 51.5 Å². The van der Waals surface area contributed by atoms with Crippen LogP contribution >= 0.6 is 0 Å². The third-order valence-corrected chi connectivity index (χ3v) is 4.31. The average molecular weight is 271 g/mol. The van der Waals surface area contributed by atoms with Crippen molar-refractivity contribution in [2.75, 3.05) is 26.4 Å². The Kier molecular flexibility index (Phi) is 8.67. The largest absolute Gasteiger partial charge is 0.394 e. The van der Waals surface area contributed by atoms with Crippen molar-refractivity contribution < 1.29 is 9.84 Å². The van der Waals surface area contributed by atoms with Gasteiger partial charge in [-0.15, -0.1) is 0 Å². The Labute approximate surface area is 119 Å². The zero-order valence-corrected chi connectivity index (χ0v) is 12.9. The van der Waals surface area contributed by atoms with Gasteiger partial charge in [-0.3, -0.25) is 0 Å². The smallest absolute Gasteiger partial charge is 0.0610 e. The van der Waals surface area contributed by atoms with Crippen molar-refractivity contribution >= 4 is 0 Å². The molecule has 1 atom stereocenters. The van der Waals surface area contributed by atoms with E-state index >= 15 is 0 Å². The Morgan fingerprint density at radius 2 is 2.05 bits per heavy atom. The molecule has 1 saturated carbocycles. The third kappa shape index (κ3) is 7.28. The molecule has 1 rings (SSSR count). The van der Waals surface area contributed by atoms with E-state index in [0.717, 1.165) is 51.4 Å². The van der Waals surface area contributed by atoms with Crippen LogP contribution in [0, 0.1) is 5.92 Å². The molecule has 3 nitrogen and oxygen atoms in total. The third-order valence-electron chi connectivity index (χ3n) is 4.31. The summed E-state index contributed by atoms with van der Waals surface area (Å²) in [6.45, 7) is 7.28. The maximum absolute atomic E-state index is 9.45. The van der Waals surface area contributed by atoms with E-state index in [0.29, 0.717) is 0 Å². The van der Waals surface area contributed by atoms with E-state index in [1.54, 1.807) is 0 Å². The van der Waals surface area contributed by atoms with Crippen LogP contribution in [0.3, 0.4) is 0 Å². The summed E-state index contributed by atoms with van der Waals surface area (Å²) in [6, 6.07) is 0. The molecule has 1 aliphatic carbocycles. The summed E-state index contributed by atoms with van der Waals surface area (Å²) in [7, 11) is 0. The summed E-state index contributed by atoms with van der Waals surface area (Å²) in [5.41, 5.74) is -0.109. The van der Waals surface area contributed by atoms with Crippen LogP contribution in [-0.4, -0.2) is 37.0 Å². The van der Waals surface area contributed by atoms with Gasteiger partial charge in [0.25, 0.3) is 0 Å². The van der Waals surface area contributed by atoms with Crippen molar-refractivity contribution in [3.8, 4) is 0 Å². The van der Waals surface area contributed by atoms with E-state index in [-0.39, 0.29) is 12.1 Å². The minimum absolute atomic E-state index is 0.109. The Bertz CT molecular complexity index is 219. The van der Waals surface area contributed by atoms with E-state index in [1.165, 1.54) is 25.7 Å². The van der Waals surface area contributed by atoms with Crippen LogP contribution in [0.5, 0.6) is 0 Å². The lowest BCUT2D eigenvalue weighted by Gasteiger charge is -2.29. The molecule has 0 radical (unpaired) electrons. The van der Waals surface area contributed by atoms with Crippen molar-refractivity contribution in [3.05, 3.63) is 0 Å². The molecule has 114 valence electrons. The highest BCUT2D eigenvalue weighted by molar-refractivity contribution is 4.81.